The van der Waals surface area contributed by atoms with Crippen molar-refractivity contribution in [2.45, 2.75) is 45.6 Å². The highest BCUT2D eigenvalue weighted by atomic mass is 16.5. The van der Waals surface area contributed by atoms with Gasteiger partial charge in [-0.05, 0) is 89.2 Å². The third-order valence-electron chi connectivity index (χ3n) is 6.45. The van der Waals surface area contributed by atoms with E-state index in [2.05, 4.69) is 24.1 Å². The Balaban J connectivity index is 1.47. The molecule has 33 heavy (non-hydrogen) atoms. The molecule has 0 spiro atoms. The minimum absolute atomic E-state index is 0.150. The molecule has 3 amide bonds. The molecule has 0 aromatic heterocycles. The van der Waals surface area contributed by atoms with Crippen LogP contribution in [-0.4, -0.2) is 54.4 Å². The molecule has 2 aromatic carbocycles. The maximum absolute atomic E-state index is 13.1. The van der Waals surface area contributed by atoms with E-state index in [0.717, 1.165) is 18.0 Å². The number of ether oxygens (including phenoxy) is 1. The maximum atomic E-state index is 13.1. The van der Waals surface area contributed by atoms with Gasteiger partial charge in [0.15, 0.2) is 0 Å². The van der Waals surface area contributed by atoms with Crippen molar-refractivity contribution in [1.82, 2.24) is 10.2 Å². The molecule has 0 saturated carbocycles. The molecule has 0 bridgehead atoms. The molecule has 1 fully saturated rings. The van der Waals surface area contributed by atoms with E-state index < -0.39 is 11.8 Å². The molecular formula is C26H31N3O4. The SMILES string of the molecule is CCOc1ccc(N2C(=O)c3ccc(C(=O)NCC(C)(C)N4CCCCC4)cc3C2=O)cc1. The highest BCUT2D eigenvalue weighted by molar-refractivity contribution is 6.34. The number of benzene rings is 2. The van der Waals surface area contributed by atoms with E-state index in [1.165, 1.54) is 25.3 Å². The lowest BCUT2D eigenvalue weighted by atomic mass is 9.98. The zero-order valence-corrected chi connectivity index (χ0v) is 19.5. The number of carbonyl (C=O) groups is 3. The van der Waals surface area contributed by atoms with Crippen LogP contribution < -0.4 is 15.0 Å². The van der Waals surface area contributed by atoms with Crippen molar-refractivity contribution in [3.63, 3.8) is 0 Å². The second-order valence-electron chi connectivity index (χ2n) is 9.18. The van der Waals surface area contributed by atoms with Crippen LogP contribution in [0.3, 0.4) is 0 Å². The molecule has 4 rings (SSSR count). The first-order valence-corrected chi connectivity index (χ1v) is 11.6. The second kappa shape index (κ2) is 9.35. The summed E-state index contributed by atoms with van der Waals surface area (Å²) in [6.45, 7) is 9.29. The molecule has 2 aliphatic heterocycles. The smallest absolute Gasteiger partial charge is 0.266 e. The molecule has 0 atom stereocenters. The predicted octanol–water partition coefficient (Wildman–Crippen LogP) is 3.88. The molecule has 7 nitrogen and oxygen atoms in total. The molecule has 2 aromatic rings. The average molecular weight is 450 g/mol. The van der Waals surface area contributed by atoms with Gasteiger partial charge in [-0.2, -0.15) is 0 Å². The number of piperidine rings is 1. The summed E-state index contributed by atoms with van der Waals surface area (Å²) < 4.78 is 5.43. The van der Waals surface area contributed by atoms with Crippen molar-refractivity contribution >= 4 is 23.4 Å². The summed E-state index contributed by atoms with van der Waals surface area (Å²) in [4.78, 5) is 42.4. The Bertz CT molecular complexity index is 1060. The van der Waals surface area contributed by atoms with Crippen LogP contribution in [0, 0.1) is 0 Å². The highest BCUT2D eigenvalue weighted by Gasteiger charge is 2.37. The summed E-state index contributed by atoms with van der Waals surface area (Å²) in [6, 6.07) is 11.5. The van der Waals surface area contributed by atoms with Crippen LogP contribution in [0.5, 0.6) is 5.75 Å². The molecule has 2 heterocycles. The van der Waals surface area contributed by atoms with Gasteiger partial charge in [-0.15, -0.1) is 0 Å². The summed E-state index contributed by atoms with van der Waals surface area (Å²) in [5.74, 6) is -0.397. The van der Waals surface area contributed by atoms with Gasteiger partial charge in [0.2, 0.25) is 0 Å². The number of imide groups is 1. The van der Waals surface area contributed by atoms with Gasteiger partial charge >= 0.3 is 0 Å². The van der Waals surface area contributed by atoms with Crippen LogP contribution >= 0.6 is 0 Å². The van der Waals surface area contributed by atoms with Crippen molar-refractivity contribution < 1.29 is 19.1 Å². The first kappa shape index (κ1) is 23.0. The Hall–Kier alpha value is -3.19. The average Bonchev–Trinajstić information content (AvgIpc) is 3.08. The lowest BCUT2D eigenvalue weighted by Crippen LogP contribution is -2.53. The van der Waals surface area contributed by atoms with Crippen LogP contribution in [0.4, 0.5) is 5.69 Å². The number of fused-ring (bicyclic) bond motifs is 1. The molecule has 0 unspecified atom stereocenters. The summed E-state index contributed by atoms with van der Waals surface area (Å²) >= 11 is 0. The van der Waals surface area contributed by atoms with E-state index >= 15 is 0 Å². The zero-order valence-electron chi connectivity index (χ0n) is 19.5. The fraction of sp³-hybridized carbons (Fsp3) is 0.423. The summed E-state index contributed by atoms with van der Waals surface area (Å²) in [5.41, 5.74) is 1.25. The fourth-order valence-electron chi connectivity index (χ4n) is 4.48. The monoisotopic (exact) mass is 449 g/mol. The second-order valence-corrected chi connectivity index (χ2v) is 9.18. The minimum atomic E-state index is -0.428. The Morgan fingerprint density at radius 2 is 1.64 bits per heavy atom. The molecule has 7 heteroatoms. The molecule has 0 radical (unpaired) electrons. The Morgan fingerprint density at radius 1 is 0.970 bits per heavy atom. The third-order valence-corrected chi connectivity index (χ3v) is 6.45. The predicted molar refractivity (Wildman–Crippen MR) is 127 cm³/mol. The van der Waals surface area contributed by atoms with E-state index in [1.54, 1.807) is 36.4 Å². The maximum Gasteiger partial charge on any atom is 0.266 e. The topological polar surface area (TPSA) is 79.0 Å². The van der Waals surface area contributed by atoms with Gasteiger partial charge in [0.25, 0.3) is 17.7 Å². The number of nitrogens with zero attached hydrogens (tertiary/aromatic N) is 2. The van der Waals surface area contributed by atoms with Gasteiger partial charge in [0.1, 0.15) is 5.75 Å². The fourth-order valence-corrected chi connectivity index (χ4v) is 4.48. The number of rotatable bonds is 7. The van der Waals surface area contributed by atoms with Crippen molar-refractivity contribution in [3.05, 3.63) is 59.2 Å². The van der Waals surface area contributed by atoms with Crippen molar-refractivity contribution in [2.75, 3.05) is 31.1 Å². The number of likely N-dealkylation sites (tertiary alicyclic amines) is 1. The van der Waals surface area contributed by atoms with Crippen molar-refractivity contribution in [3.8, 4) is 5.75 Å². The zero-order chi connectivity index (χ0) is 23.6. The van der Waals surface area contributed by atoms with E-state index in [0.29, 0.717) is 35.7 Å². The van der Waals surface area contributed by atoms with Gasteiger partial charge in [0.05, 0.1) is 23.4 Å². The van der Waals surface area contributed by atoms with Crippen LogP contribution in [0.1, 0.15) is 71.1 Å². The normalized spacial score (nSPS) is 16.6. The van der Waals surface area contributed by atoms with Crippen molar-refractivity contribution in [1.29, 1.82) is 0 Å². The van der Waals surface area contributed by atoms with Crippen LogP contribution in [-0.2, 0) is 0 Å². The van der Waals surface area contributed by atoms with E-state index in [-0.39, 0.29) is 17.0 Å². The minimum Gasteiger partial charge on any atom is -0.494 e. The lowest BCUT2D eigenvalue weighted by molar-refractivity contribution is 0.0797. The van der Waals surface area contributed by atoms with Gasteiger partial charge in [-0.1, -0.05) is 6.42 Å². The molecule has 2 aliphatic rings. The Morgan fingerprint density at radius 3 is 2.30 bits per heavy atom. The molecule has 0 aliphatic carbocycles. The van der Waals surface area contributed by atoms with Crippen LogP contribution in [0.15, 0.2) is 42.5 Å². The van der Waals surface area contributed by atoms with Gasteiger partial charge in [-0.25, -0.2) is 4.90 Å². The van der Waals surface area contributed by atoms with Crippen molar-refractivity contribution in [2.24, 2.45) is 0 Å². The molecule has 1 saturated heterocycles. The molecule has 1 N–H and O–H groups in total. The summed E-state index contributed by atoms with van der Waals surface area (Å²) in [6.07, 6.45) is 3.63. The van der Waals surface area contributed by atoms with E-state index in [4.69, 9.17) is 4.74 Å². The Kier molecular flexibility index (Phi) is 6.51. The first-order chi connectivity index (χ1) is 15.8. The summed E-state index contributed by atoms with van der Waals surface area (Å²) in [5, 5.41) is 3.01. The largest absolute Gasteiger partial charge is 0.494 e. The standard InChI is InChI=1S/C26H31N3O4/c1-4-33-20-11-9-19(10-12-20)29-24(31)21-13-8-18(16-22(21)25(29)32)23(30)27-17-26(2,3)28-14-6-5-7-15-28/h8-13,16H,4-7,14-15,17H2,1-3H3,(H,27,30). The molecular weight excluding hydrogens is 418 g/mol. The van der Waals surface area contributed by atoms with E-state index in [9.17, 15) is 14.4 Å². The van der Waals surface area contributed by atoms with E-state index in [1.807, 2.05) is 6.92 Å². The number of amides is 3. The number of nitrogens with one attached hydrogen (secondary N) is 1. The number of carbonyl (C=O) groups excluding carboxylic acids is 3. The third kappa shape index (κ3) is 4.64. The van der Waals surface area contributed by atoms with Crippen LogP contribution in [0.2, 0.25) is 0 Å². The lowest BCUT2D eigenvalue weighted by Gasteiger charge is -2.41. The first-order valence-electron chi connectivity index (χ1n) is 11.6. The summed E-state index contributed by atoms with van der Waals surface area (Å²) in [7, 11) is 0. The quantitative estimate of drug-likeness (QED) is 0.649. The molecule has 174 valence electrons. The van der Waals surface area contributed by atoms with Crippen LogP contribution in [0.25, 0.3) is 0 Å². The number of hydrogen-bond donors (Lipinski definition) is 1. The van der Waals surface area contributed by atoms with Gasteiger partial charge < -0.3 is 10.1 Å². The van der Waals surface area contributed by atoms with Gasteiger partial charge in [0, 0.05) is 17.6 Å². The number of anilines is 1. The van der Waals surface area contributed by atoms with Gasteiger partial charge in [-0.3, -0.25) is 19.3 Å². The highest BCUT2D eigenvalue weighted by Crippen LogP contribution is 2.30. The Labute approximate surface area is 194 Å². The number of hydrogen-bond acceptors (Lipinski definition) is 5.